The fourth-order valence-corrected chi connectivity index (χ4v) is 1.79. The largest absolute Gasteiger partial charge is 0.368 e. The van der Waals surface area contributed by atoms with E-state index in [1.54, 1.807) is 10.9 Å². The van der Waals surface area contributed by atoms with Gasteiger partial charge < -0.3 is 5.73 Å². The van der Waals surface area contributed by atoms with Crippen molar-refractivity contribution in [3.05, 3.63) is 36.8 Å². The van der Waals surface area contributed by atoms with Gasteiger partial charge in [0.25, 0.3) is 0 Å². The minimum atomic E-state index is 0.292. The number of hydrogen-bond acceptors (Lipinski definition) is 4. The van der Waals surface area contributed by atoms with E-state index in [1.165, 1.54) is 0 Å². The summed E-state index contributed by atoms with van der Waals surface area (Å²) in [7, 11) is 1.89. The second-order valence-corrected chi connectivity index (χ2v) is 3.90. The van der Waals surface area contributed by atoms with Crippen molar-refractivity contribution in [1.29, 1.82) is 0 Å². The maximum Gasteiger partial charge on any atom is 0.220 e. The lowest BCUT2D eigenvalue weighted by molar-refractivity contribution is 0.768. The van der Waals surface area contributed by atoms with Gasteiger partial charge in [-0.05, 0) is 11.6 Å². The number of nitrogens with two attached hydrogens (primary N) is 1. The average molecular weight is 225 g/mol. The number of rotatable bonds is 1. The Kier molecular flexibility index (Phi) is 2.04. The second kappa shape index (κ2) is 3.55. The molecule has 0 unspecified atom stereocenters. The van der Waals surface area contributed by atoms with Gasteiger partial charge in [0, 0.05) is 30.4 Å². The molecule has 2 heterocycles. The molecule has 0 aliphatic rings. The zero-order chi connectivity index (χ0) is 11.8. The normalized spacial score (nSPS) is 10.9. The average Bonchev–Trinajstić information content (AvgIpc) is 2.75. The number of fused-ring (bicyclic) bond motifs is 1. The van der Waals surface area contributed by atoms with Gasteiger partial charge in [-0.25, -0.2) is 9.97 Å². The first kappa shape index (κ1) is 9.77. The molecule has 3 aromatic rings. The van der Waals surface area contributed by atoms with Gasteiger partial charge in [-0.3, -0.25) is 4.68 Å². The van der Waals surface area contributed by atoms with E-state index in [9.17, 15) is 0 Å². The zero-order valence-corrected chi connectivity index (χ0v) is 9.33. The highest BCUT2D eigenvalue weighted by Crippen LogP contribution is 2.22. The smallest absolute Gasteiger partial charge is 0.220 e. The summed E-state index contributed by atoms with van der Waals surface area (Å²) in [6.45, 7) is 0. The van der Waals surface area contributed by atoms with Crippen LogP contribution < -0.4 is 5.73 Å². The van der Waals surface area contributed by atoms with E-state index in [1.807, 2.05) is 37.6 Å². The van der Waals surface area contributed by atoms with E-state index >= 15 is 0 Å². The van der Waals surface area contributed by atoms with Gasteiger partial charge >= 0.3 is 0 Å². The van der Waals surface area contributed by atoms with Gasteiger partial charge in [0.15, 0.2) is 0 Å². The summed E-state index contributed by atoms with van der Waals surface area (Å²) in [6, 6.07) is 6.00. The topological polar surface area (TPSA) is 69.6 Å². The third kappa shape index (κ3) is 1.71. The van der Waals surface area contributed by atoms with Crippen LogP contribution in [0.15, 0.2) is 36.8 Å². The second-order valence-electron chi connectivity index (χ2n) is 3.90. The molecule has 0 saturated carbocycles. The first-order valence-corrected chi connectivity index (χ1v) is 5.24. The quantitative estimate of drug-likeness (QED) is 0.683. The van der Waals surface area contributed by atoms with E-state index in [2.05, 4.69) is 15.1 Å². The van der Waals surface area contributed by atoms with Crippen LogP contribution >= 0.6 is 0 Å². The SMILES string of the molecule is Cn1cc(-c2ccc3cnc(N)nc3c2)cn1. The summed E-state index contributed by atoms with van der Waals surface area (Å²) in [5.74, 6) is 0.292. The van der Waals surface area contributed by atoms with Crippen molar-refractivity contribution >= 4 is 16.9 Å². The summed E-state index contributed by atoms with van der Waals surface area (Å²) in [6.07, 6.45) is 5.52. The van der Waals surface area contributed by atoms with Gasteiger partial charge in [0.05, 0.1) is 11.7 Å². The maximum absolute atomic E-state index is 5.58. The Morgan fingerprint density at radius 3 is 2.82 bits per heavy atom. The van der Waals surface area contributed by atoms with Crippen LogP contribution in [0.5, 0.6) is 0 Å². The highest BCUT2D eigenvalue weighted by Gasteiger charge is 2.03. The van der Waals surface area contributed by atoms with Crippen molar-refractivity contribution in [2.75, 3.05) is 5.73 Å². The van der Waals surface area contributed by atoms with E-state index in [-0.39, 0.29) is 0 Å². The van der Waals surface area contributed by atoms with Crippen LogP contribution in [-0.2, 0) is 7.05 Å². The molecule has 0 bridgehead atoms. The Hall–Kier alpha value is -2.43. The van der Waals surface area contributed by atoms with E-state index in [0.717, 1.165) is 22.0 Å². The van der Waals surface area contributed by atoms with Crippen molar-refractivity contribution in [2.24, 2.45) is 7.05 Å². The Balaban J connectivity index is 2.18. The first-order chi connectivity index (χ1) is 8.22. The fraction of sp³-hybridized carbons (Fsp3) is 0.0833. The molecule has 0 aliphatic carbocycles. The molecule has 2 N–H and O–H groups in total. The number of aryl methyl sites for hydroxylation is 1. The van der Waals surface area contributed by atoms with Gasteiger partial charge in [0.1, 0.15) is 0 Å². The standard InChI is InChI=1S/C12H11N5/c1-17-7-10(6-15-17)8-2-3-9-5-14-12(13)16-11(9)4-8/h2-7H,1H3,(H2,13,14,16). The van der Waals surface area contributed by atoms with Crippen LogP contribution in [0, 0.1) is 0 Å². The molecular weight excluding hydrogens is 214 g/mol. The lowest BCUT2D eigenvalue weighted by Gasteiger charge is -2.01. The van der Waals surface area contributed by atoms with Crippen LogP contribution in [0.25, 0.3) is 22.0 Å². The number of nitrogen functional groups attached to an aromatic ring is 1. The monoisotopic (exact) mass is 225 g/mol. The zero-order valence-electron chi connectivity index (χ0n) is 9.33. The molecule has 0 fully saturated rings. The summed E-state index contributed by atoms with van der Waals surface area (Å²) in [5, 5.41) is 5.13. The molecule has 5 heteroatoms. The molecule has 0 atom stereocenters. The highest BCUT2D eigenvalue weighted by atomic mass is 15.2. The Bertz CT molecular complexity index is 686. The molecule has 0 amide bonds. The molecule has 1 aromatic carbocycles. The number of benzene rings is 1. The molecular formula is C12H11N5. The molecule has 5 nitrogen and oxygen atoms in total. The van der Waals surface area contributed by atoms with E-state index in [4.69, 9.17) is 5.73 Å². The van der Waals surface area contributed by atoms with Gasteiger partial charge in [0.2, 0.25) is 5.95 Å². The molecule has 84 valence electrons. The molecule has 0 spiro atoms. The van der Waals surface area contributed by atoms with Crippen LogP contribution in [-0.4, -0.2) is 19.7 Å². The van der Waals surface area contributed by atoms with Crippen LogP contribution in [0.1, 0.15) is 0 Å². The van der Waals surface area contributed by atoms with Gasteiger partial charge in [-0.2, -0.15) is 5.10 Å². The van der Waals surface area contributed by atoms with Crippen molar-refractivity contribution in [1.82, 2.24) is 19.7 Å². The minimum Gasteiger partial charge on any atom is -0.368 e. The lowest BCUT2D eigenvalue weighted by atomic mass is 10.1. The third-order valence-corrected chi connectivity index (χ3v) is 2.64. The van der Waals surface area contributed by atoms with E-state index < -0.39 is 0 Å². The Morgan fingerprint density at radius 2 is 2.06 bits per heavy atom. The van der Waals surface area contributed by atoms with Crippen molar-refractivity contribution in [3.63, 3.8) is 0 Å². The fourth-order valence-electron chi connectivity index (χ4n) is 1.79. The first-order valence-electron chi connectivity index (χ1n) is 5.24. The van der Waals surface area contributed by atoms with Gasteiger partial charge in [-0.1, -0.05) is 12.1 Å². The third-order valence-electron chi connectivity index (χ3n) is 2.64. The summed E-state index contributed by atoms with van der Waals surface area (Å²) >= 11 is 0. The van der Waals surface area contributed by atoms with Crippen molar-refractivity contribution < 1.29 is 0 Å². The molecule has 0 aliphatic heterocycles. The predicted octanol–water partition coefficient (Wildman–Crippen LogP) is 1.61. The Labute approximate surface area is 97.9 Å². The summed E-state index contributed by atoms with van der Waals surface area (Å²) < 4.78 is 1.77. The molecule has 0 radical (unpaired) electrons. The molecule has 2 aromatic heterocycles. The Morgan fingerprint density at radius 1 is 1.18 bits per heavy atom. The minimum absolute atomic E-state index is 0.292. The van der Waals surface area contributed by atoms with E-state index in [0.29, 0.717) is 5.95 Å². The predicted molar refractivity (Wildman–Crippen MR) is 66.2 cm³/mol. The van der Waals surface area contributed by atoms with Gasteiger partial charge in [-0.15, -0.1) is 0 Å². The number of nitrogens with zero attached hydrogens (tertiary/aromatic N) is 4. The number of hydrogen-bond donors (Lipinski definition) is 1. The van der Waals surface area contributed by atoms with Crippen LogP contribution in [0.2, 0.25) is 0 Å². The van der Waals surface area contributed by atoms with Crippen molar-refractivity contribution in [3.8, 4) is 11.1 Å². The molecule has 17 heavy (non-hydrogen) atoms. The van der Waals surface area contributed by atoms with Crippen LogP contribution in [0.4, 0.5) is 5.95 Å². The number of anilines is 1. The summed E-state index contributed by atoms with van der Waals surface area (Å²) in [4.78, 5) is 8.17. The van der Waals surface area contributed by atoms with Crippen LogP contribution in [0.3, 0.4) is 0 Å². The molecule has 3 rings (SSSR count). The molecule has 0 saturated heterocycles. The van der Waals surface area contributed by atoms with Crippen molar-refractivity contribution in [2.45, 2.75) is 0 Å². The lowest BCUT2D eigenvalue weighted by Crippen LogP contribution is -1.93. The highest BCUT2D eigenvalue weighted by molar-refractivity contribution is 5.84. The maximum atomic E-state index is 5.58. The summed E-state index contributed by atoms with van der Waals surface area (Å²) in [5.41, 5.74) is 8.56. The number of aromatic nitrogens is 4.